The van der Waals surface area contributed by atoms with Crippen LogP contribution < -0.4 is 10.6 Å². The highest BCUT2D eigenvalue weighted by atomic mass is 32.2. The van der Waals surface area contributed by atoms with Crippen LogP contribution >= 0.6 is 11.8 Å². The molecule has 1 aromatic heterocycles. The lowest BCUT2D eigenvalue weighted by atomic mass is 10.0. The molecular weight excluding hydrogens is 422 g/mol. The van der Waals surface area contributed by atoms with Crippen LogP contribution in [-0.2, 0) is 11.8 Å². The van der Waals surface area contributed by atoms with Gasteiger partial charge >= 0.3 is 0 Å². The predicted molar refractivity (Wildman–Crippen MR) is 128 cm³/mol. The zero-order valence-corrected chi connectivity index (χ0v) is 19.9. The molecule has 7 nitrogen and oxygen atoms in total. The molecule has 0 aliphatic rings. The van der Waals surface area contributed by atoms with Gasteiger partial charge in [-0.05, 0) is 43.5 Å². The average Bonchev–Trinajstić information content (AvgIpc) is 3.12. The Bertz CT molecular complexity index is 1090. The van der Waals surface area contributed by atoms with Gasteiger partial charge in [-0.1, -0.05) is 61.5 Å². The van der Waals surface area contributed by atoms with Crippen LogP contribution in [0.15, 0.2) is 53.7 Å². The number of hydrogen-bond donors (Lipinski definition) is 2. The number of carbonyl (C=O) groups excluding carboxylic acids is 2. The Hall–Kier alpha value is -3.13. The van der Waals surface area contributed by atoms with Crippen molar-refractivity contribution in [3.8, 4) is 0 Å². The summed E-state index contributed by atoms with van der Waals surface area (Å²) in [6.07, 6.45) is 0. The number of thioether (sulfide) groups is 1. The monoisotopic (exact) mass is 451 g/mol. The molecule has 3 aromatic rings. The first kappa shape index (κ1) is 23.5. The van der Waals surface area contributed by atoms with E-state index in [1.54, 1.807) is 0 Å². The van der Waals surface area contributed by atoms with E-state index in [9.17, 15) is 9.59 Å². The molecule has 0 spiro atoms. The van der Waals surface area contributed by atoms with E-state index in [-0.39, 0.29) is 29.5 Å². The van der Waals surface area contributed by atoms with Crippen molar-refractivity contribution >= 4 is 29.3 Å². The Morgan fingerprint density at radius 2 is 1.72 bits per heavy atom. The maximum absolute atomic E-state index is 12.8. The first-order valence-corrected chi connectivity index (χ1v) is 11.5. The van der Waals surface area contributed by atoms with Gasteiger partial charge in [-0.15, -0.1) is 10.2 Å². The highest BCUT2D eigenvalue weighted by molar-refractivity contribution is 7.99. The minimum absolute atomic E-state index is 0.106. The Balaban J connectivity index is 1.67. The molecule has 1 atom stereocenters. The fourth-order valence-electron chi connectivity index (χ4n) is 3.21. The number of hydrogen-bond acceptors (Lipinski definition) is 5. The SMILES string of the molecule is Cc1ccc(C(=O)N[C@@H](c2nnc(SCC(=O)Nc3ccccc3C)n2C)C(C)C)cc1. The van der Waals surface area contributed by atoms with Gasteiger partial charge in [0.25, 0.3) is 5.91 Å². The second kappa shape index (κ2) is 10.5. The fraction of sp³-hybridized carbons (Fsp3) is 0.333. The third kappa shape index (κ3) is 5.76. The molecule has 2 aromatic carbocycles. The van der Waals surface area contributed by atoms with Crippen LogP contribution in [0.1, 0.15) is 47.2 Å². The second-order valence-electron chi connectivity index (χ2n) is 8.11. The van der Waals surface area contributed by atoms with Gasteiger partial charge < -0.3 is 15.2 Å². The lowest BCUT2D eigenvalue weighted by molar-refractivity contribution is -0.113. The number of carbonyl (C=O) groups is 2. The van der Waals surface area contributed by atoms with E-state index < -0.39 is 0 Å². The molecule has 0 saturated carbocycles. The van der Waals surface area contributed by atoms with Crippen LogP contribution in [0.2, 0.25) is 0 Å². The standard InChI is InChI=1S/C24H29N5O2S/c1-15(2)21(26-23(31)18-12-10-16(3)11-13-18)22-27-28-24(29(22)5)32-14-20(30)25-19-9-7-6-8-17(19)4/h6-13,15,21H,14H2,1-5H3,(H,25,30)(H,26,31)/t21-/m1/s1. The van der Waals surface area contributed by atoms with Gasteiger partial charge in [-0.25, -0.2) is 0 Å². The van der Waals surface area contributed by atoms with Gasteiger partial charge in [-0.2, -0.15) is 0 Å². The molecule has 0 bridgehead atoms. The summed E-state index contributed by atoms with van der Waals surface area (Å²) in [6, 6.07) is 14.8. The van der Waals surface area contributed by atoms with E-state index in [2.05, 4.69) is 20.8 Å². The summed E-state index contributed by atoms with van der Waals surface area (Å²) < 4.78 is 1.84. The van der Waals surface area contributed by atoms with Crippen molar-refractivity contribution < 1.29 is 9.59 Å². The summed E-state index contributed by atoms with van der Waals surface area (Å²) >= 11 is 1.31. The summed E-state index contributed by atoms with van der Waals surface area (Å²) in [5, 5.41) is 15.2. The van der Waals surface area contributed by atoms with Crippen LogP contribution in [0.3, 0.4) is 0 Å². The van der Waals surface area contributed by atoms with Crippen molar-refractivity contribution in [3.05, 3.63) is 71.0 Å². The van der Waals surface area contributed by atoms with E-state index in [1.165, 1.54) is 11.8 Å². The number of rotatable bonds is 8. The first-order valence-electron chi connectivity index (χ1n) is 10.5. The maximum Gasteiger partial charge on any atom is 0.251 e. The topological polar surface area (TPSA) is 88.9 Å². The van der Waals surface area contributed by atoms with Crippen LogP contribution in [0.25, 0.3) is 0 Å². The van der Waals surface area contributed by atoms with Gasteiger partial charge in [0.2, 0.25) is 5.91 Å². The lowest BCUT2D eigenvalue weighted by Crippen LogP contribution is -2.33. The molecule has 2 amide bonds. The molecule has 32 heavy (non-hydrogen) atoms. The minimum atomic E-state index is -0.309. The summed E-state index contributed by atoms with van der Waals surface area (Å²) in [5.74, 6) is 0.708. The van der Waals surface area contributed by atoms with Crippen molar-refractivity contribution in [2.24, 2.45) is 13.0 Å². The largest absolute Gasteiger partial charge is 0.342 e. The average molecular weight is 452 g/mol. The van der Waals surface area contributed by atoms with Crippen LogP contribution in [0, 0.1) is 19.8 Å². The number of para-hydroxylation sites is 1. The second-order valence-corrected chi connectivity index (χ2v) is 9.06. The molecule has 1 heterocycles. The molecule has 0 radical (unpaired) electrons. The predicted octanol–water partition coefficient (Wildman–Crippen LogP) is 4.29. The molecule has 8 heteroatoms. The third-order valence-corrected chi connectivity index (χ3v) is 6.19. The number of amides is 2. The van der Waals surface area contributed by atoms with Crippen molar-refractivity contribution in [2.75, 3.05) is 11.1 Å². The summed E-state index contributed by atoms with van der Waals surface area (Å²) in [5.41, 5.74) is 3.51. The van der Waals surface area contributed by atoms with Crippen molar-refractivity contribution in [2.45, 2.75) is 38.9 Å². The highest BCUT2D eigenvalue weighted by Crippen LogP contribution is 2.25. The normalized spacial score (nSPS) is 11.9. The van der Waals surface area contributed by atoms with Crippen molar-refractivity contribution in [1.82, 2.24) is 20.1 Å². The number of aryl methyl sites for hydroxylation is 2. The fourth-order valence-corrected chi connectivity index (χ4v) is 3.93. The number of aromatic nitrogens is 3. The quantitative estimate of drug-likeness (QED) is 0.499. The van der Waals surface area contributed by atoms with E-state index in [1.807, 2.05) is 87.8 Å². The van der Waals surface area contributed by atoms with Crippen LogP contribution in [0.4, 0.5) is 5.69 Å². The Morgan fingerprint density at radius 1 is 1.03 bits per heavy atom. The number of benzene rings is 2. The van der Waals surface area contributed by atoms with Crippen molar-refractivity contribution in [1.29, 1.82) is 0 Å². The minimum Gasteiger partial charge on any atom is -0.342 e. The van der Waals surface area contributed by atoms with E-state index in [4.69, 9.17) is 0 Å². The highest BCUT2D eigenvalue weighted by Gasteiger charge is 2.25. The zero-order chi connectivity index (χ0) is 23.3. The summed E-state index contributed by atoms with van der Waals surface area (Å²) in [6.45, 7) is 7.99. The van der Waals surface area contributed by atoms with Gasteiger partial charge in [0.1, 0.15) is 0 Å². The van der Waals surface area contributed by atoms with Crippen LogP contribution in [-0.4, -0.2) is 32.3 Å². The molecular formula is C24H29N5O2S. The van der Waals surface area contributed by atoms with Crippen LogP contribution in [0.5, 0.6) is 0 Å². The summed E-state index contributed by atoms with van der Waals surface area (Å²) in [4.78, 5) is 25.1. The number of nitrogens with one attached hydrogen (secondary N) is 2. The van der Waals surface area contributed by atoms with E-state index in [0.29, 0.717) is 16.5 Å². The van der Waals surface area contributed by atoms with Gasteiger partial charge in [0.15, 0.2) is 11.0 Å². The van der Waals surface area contributed by atoms with Gasteiger partial charge in [-0.3, -0.25) is 9.59 Å². The smallest absolute Gasteiger partial charge is 0.251 e. The molecule has 3 rings (SSSR count). The lowest BCUT2D eigenvalue weighted by Gasteiger charge is -2.21. The zero-order valence-electron chi connectivity index (χ0n) is 19.0. The number of anilines is 1. The Kier molecular flexibility index (Phi) is 7.69. The molecule has 0 saturated heterocycles. The molecule has 168 valence electrons. The molecule has 0 aliphatic carbocycles. The molecule has 0 aliphatic heterocycles. The number of nitrogens with zero attached hydrogens (tertiary/aromatic N) is 3. The van der Waals surface area contributed by atoms with Gasteiger partial charge in [0.05, 0.1) is 11.8 Å². The molecule has 0 unspecified atom stereocenters. The molecule has 2 N–H and O–H groups in total. The third-order valence-electron chi connectivity index (χ3n) is 5.17. The Morgan fingerprint density at radius 3 is 2.38 bits per heavy atom. The van der Waals surface area contributed by atoms with Gasteiger partial charge in [0, 0.05) is 18.3 Å². The Labute approximate surface area is 193 Å². The molecule has 0 fully saturated rings. The first-order chi connectivity index (χ1) is 15.3. The van der Waals surface area contributed by atoms with Crippen molar-refractivity contribution in [3.63, 3.8) is 0 Å². The summed E-state index contributed by atoms with van der Waals surface area (Å²) in [7, 11) is 1.85. The maximum atomic E-state index is 12.8. The van der Waals surface area contributed by atoms with E-state index in [0.717, 1.165) is 16.8 Å². The van der Waals surface area contributed by atoms with E-state index >= 15 is 0 Å².